The molecule has 7 nitrogen and oxygen atoms in total. The predicted octanol–water partition coefficient (Wildman–Crippen LogP) is 2.14. The van der Waals surface area contributed by atoms with Gasteiger partial charge in [-0.3, -0.25) is 4.79 Å². The summed E-state index contributed by atoms with van der Waals surface area (Å²) in [5.41, 5.74) is 0.466. The minimum absolute atomic E-state index is 0.0675. The number of hydrogen-bond donors (Lipinski definition) is 3. The topological polar surface area (TPSA) is 111 Å². The van der Waals surface area contributed by atoms with Crippen molar-refractivity contribution in [3.05, 3.63) is 41.6 Å². The predicted molar refractivity (Wildman–Crippen MR) is 89.4 cm³/mol. The van der Waals surface area contributed by atoms with Gasteiger partial charge >= 0.3 is 5.97 Å². The average Bonchev–Trinajstić information content (AvgIpc) is 2.54. The van der Waals surface area contributed by atoms with Crippen LogP contribution in [0.1, 0.15) is 30.6 Å². The first kappa shape index (κ1) is 19.2. The van der Waals surface area contributed by atoms with Gasteiger partial charge < -0.3 is 20.5 Å². The maximum Gasteiger partial charge on any atom is 0.335 e. The minimum atomic E-state index is -1.05. The molecule has 0 bridgehead atoms. The lowest BCUT2D eigenvalue weighted by Crippen LogP contribution is -2.18. The lowest BCUT2D eigenvalue weighted by atomic mass is 10.2. The highest BCUT2D eigenvalue weighted by Crippen LogP contribution is 2.10. The van der Waals surface area contributed by atoms with E-state index >= 15 is 0 Å². The molecule has 1 rings (SSSR count). The summed E-state index contributed by atoms with van der Waals surface area (Å²) in [4.78, 5) is 22.8. The number of carbonyl (C=O) groups excluding carboxylic acids is 1. The summed E-state index contributed by atoms with van der Waals surface area (Å²) in [7, 11) is 0. The number of carboxylic acid groups (broad SMARTS) is 1. The molecule has 0 unspecified atom stereocenters. The molecule has 1 aromatic carbocycles. The van der Waals surface area contributed by atoms with Crippen LogP contribution in [0.2, 0.25) is 0 Å². The van der Waals surface area contributed by atoms with Crippen molar-refractivity contribution in [1.82, 2.24) is 5.32 Å². The van der Waals surface area contributed by atoms with E-state index in [-0.39, 0.29) is 17.2 Å². The van der Waals surface area contributed by atoms with Crippen molar-refractivity contribution in [2.75, 3.05) is 18.5 Å². The molecule has 0 spiro atoms. The first-order chi connectivity index (χ1) is 11.4. The van der Waals surface area contributed by atoms with Crippen LogP contribution < -0.4 is 10.6 Å². The third-order valence-electron chi connectivity index (χ3n) is 2.92. The Morgan fingerprint density at radius 3 is 2.54 bits per heavy atom. The zero-order valence-electron chi connectivity index (χ0n) is 13.7. The Morgan fingerprint density at radius 2 is 2.00 bits per heavy atom. The Hall–Kier alpha value is -2.85. The smallest absolute Gasteiger partial charge is 0.335 e. The summed E-state index contributed by atoms with van der Waals surface area (Å²) in [5, 5.41) is 23.3. The van der Waals surface area contributed by atoms with Crippen LogP contribution in [-0.4, -0.2) is 36.2 Å². The molecule has 0 aliphatic heterocycles. The summed E-state index contributed by atoms with van der Waals surface area (Å²) < 4.78 is 5.38. The summed E-state index contributed by atoms with van der Waals surface area (Å²) in [6.45, 7) is 5.09. The number of hydrogen-bond acceptors (Lipinski definition) is 5. The van der Waals surface area contributed by atoms with Crippen molar-refractivity contribution in [1.29, 1.82) is 5.26 Å². The van der Waals surface area contributed by atoms with Gasteiger partial charge in [0.1, 0.15) is 11.6 Å². The molecule has 0 heterocycles. The van der Waals surface area contributed by atoms with Crippen LogP contribution in [0.25, 0.3) is 0 Å². The number of amides is 1. The lowest BCUT2D eigenvalue weighted by Gasteiger charge is -2.07. The van der Waals surface area contributed by atoms with E-state index in [4.69, 9.17) is 15.1 Å². The van der Waals surface area contributed by atoms with Gasteiger partial charge in [-0.05, 0) is 44.5 Å². The van der Waals surface area contributed by atoms with Crippen LogP contribution in [-0.2, 0) is 9.53 Å². The van der Waals surface area contributed by atoms with Gasteiger partial charge in [0.2, 0.25) is 0 Å². The lowest BCUT2D eigenvalue weighted by molar-refractivity contribution is -0.112. The Morgan fingerprint density at radius 1 is 1.33 bits per heavy atom. The van der Waals surface area contributed by atoms with E-state index in [1.807, 2.05) is 19.9 Å². The molecule has 0 aliphatic rings. The number of nitrogens with one attached hydrogen (secondary N) is 2. The van der Waals surface area contributed by atoms with E-state index in [1.54, 1.807) is 0 Å². The van der Waals surface area contributed by atoms with Crippen LogP contribution in [0.3, 0.4) is 0 Å². The normalized spacial score (nSPS) is 11.0. The zero-order chi connectivity index (χ0) is 17.9. The van der Waals surface area contributed by atoms with E-state index in [2.05, 4.69) is 10.6 Å². The Kier molecular flexibility index (Phi) is 8.02. The third-order valence-corrected chi connectivity index (χ3v) is 2.92. The SMILES string of the molecule is CC(C)OCCCN/C=C(/C#N)C(=O)Nc1ccc(C(=O)O)cc1. The van der Waals surface area contributed by atoms with Crippen molar-refractivity contribution in [2.45, 2.75) is 26.4 Å². The van der Waals surface area contributed by atoms with Crippen molar-refractivity contribution >= 4 is 17.6 Å². The fourth-order valence-corrected chi connectivity index (χ4v) is 1.71. The second-order valence-corrected chi connectivity index (χ2v) is 5.23. The quantitative estimate of drug-likeness (QED) is 0.363. The average molecular weight is 331 g/mol. The van der Waals surface area contributed by atoms with Crippen molar-refractivity contribution < 1.29 is 19.4 Å². The molecule has 24 heavy (non-hydrogen) atoms. The summed E-state index contributed by atoms with van der Waals surface area (Å²) in [6.07, 6.45) is 2.29. The molecule has 0 aromatic heterocycles. The highest BCUT2D eigenvalue weighted by atomic mass is 16.5. The molecule has 0 saturated carbocycles. The Balaban J connectivity index is 2.49. The van der Waals surface area contributed by atoms with Gasteiger partial charge in [-0.2, -0.15) is 5.26 Å². The molecule has 0 atom stereocenters. The number of carboxylic acids is 1. The second kappa shape index (κ2) is 10.0. The zero-order valence-corrected chi connectivity index (χ0v) is 13.7. The maximum atomic E-state index is 12.0. The van der Waals surface area contributed by atoms with Gasteiger partial charge in [0.15, 0.2) is 0 Å². The summed E-state index contributed by atoms with van der Waals surface area (Å²) in [5.74, 6) is -1.61. The van der Waals surface area contributed by atoms with Crippen LogP contribution in [0.4, 0.5) is 5.69 Å². The number of nitriles is 1. The van der Waals surface area contributed by atoms with Gasteiger partial charge in [0, 0.05) is 25.0 Å². The van der Waals surface area contributed by atoms with Crippen LogP contribution in [0, 0.1) is 11.3 Å². The maximum absolute atomic E-state index is 12.0. The molecule has 0 aliphatic carbocycles. The van der Waals surface area contributed by atoms with Crippen LogP contribution in [0.15, 0.2) is 36.0 Å². The highest BCUT2D eigenvalue weighted by Gasteiger charge is 2.09. The van der Waals surface area contributed by atoms with E-state index in [0.717, 1.165) is 6.42 Å². The molecular weight excluding hydrogens is 310 g/mol. The monoisotopic (exact) mass is 331 g/mol. The minimum Gasteiger partial charge on any atom is -0.478 e. The molecule has 128 valence electrons. The van der Waals surface area contributed by atoms with Crippen molar-refractivity contribution in [3.8, 4) is 6.07 Å². The molecule has 0 radical (unpaired) electrons. The molecule has 1 aromatic rings. The van der Waals surface area contributed by atoms with E-state index in [1.165, 1.54) is 30.5 Å². The van der Waals surface area contributed by atoms with Gasteiger partial charge in [0.25, 0.3) is 5.91 Å². The number of carbonyl (C=O) groups is 2. The van der Waals surface area contributed by atoms with E-state index in [9.17, 15) is 9.59 Å². The van der Waals surface area contributed by atoms with Gasteiger partial charge in [0.05, 0.1) is 11.7 Å². The van der Waals surface area contributed by atoms with Crippen molar-refractivity contribution in [3.63, 3.8) is 0 Å². The largest absolute Gasteiger partial charge is 0.478 e. The first-order valence-electron chi connectivity index (χ1n) is 7.54. The number of rotatable bonds is 9. The van der Waals surface area contributed by atoms with Crippen LogP contribution >= 0.6 is 0 Å². The van der Waals surface area contributed by atoms with E-state index in [0.29, 0.717) is 18.8 Å². The Bertz CT molecular complexity index is 630. The van der Waals surface area contributed by atoms with Gasteiger partial charge in [-0.25, -0.2) is 4.79 Å². The summed E-state index contributed by atoms with van der Waals surface area (Å²) >= 11 is 0. The standard InChI is InChI=1S/C17H21N3O4/c1-12(2)24-9-3-8-19-11-14(10-18)16(21)20-15-6-4-13(5-7-15)17(22)23/h4-7,11-12,19H,3,8-9H2,1-2H3,(H,20,21)(H,22,23)/b14-11-. The molecule has 3 N–H and O–H groups in total. The fraction of sp³-hybridized carbons (Fsp3) is 0.353. The number of anilines is 1. The molecule has 7 heteroatoms. The molecule has 0 fully saturated rings. The van der Waals surface area contributed by atoms with Gasteiger partial charge in [-0.1, -0.05) is 0 Å². The number of ether oxygens (including phenoxy) is 1. The third kappa shape index (κ3) is 6.94. The van der Waals surface area contributed by atoms with Crippen molar-refractivity contribution in [2.24, 2.45) is 0 Å². The highest BCUT2D eigenvalue weighted by molar-refractivity contribution is 6.06. The fourth-order valence-electron chi connectivity index (χ4n) is 1.71. The molecular formula is C17H21N3O4. The molecule has 1 amide bonds. The summed E-state index contributed by atoms with van der Waals surface area (Å²) in [6, 6.07) is 7.50. The molecule has 0 saturated heterocycles. The number of nitrogens with zero attached hydrogens (tertiary/aromatic N) is 1. The van der Waals surface area contributed by atoms with E-state index < -0.39 is 11.9 Å². The number of benzene rings is 1. The Labute approximate surface area is 140 Å². The first-order valence-corrected chi connectivity index (χ1v) is 7.54. The number of aromatic carboxylic acids is 1. The van der Waals surface area contributed by atoms with Gasteiger partial charge in [-0.15, -0.1) is 0 Å². The second-order valence-electron chi connectivity index (χ2n) is 5.23. The van der Waals surface area contributed by atoms with Crippen LogP contribution in [0.5, 0.6) is 0 Å².